The topological polar surface area (TPSA) is 133 Å². The number of aromatic nitrogens is 3. The van der Waals surface area contributed by atoms with Crippen LogP contribution in [0.5, 0.6) is 0 Å². The van der Waals surface area contributed by atoms with Crippen LogP contribution in [0.1, 0.15) is 40.2 Å². The first kappa shape index (κ1) is 33.8. The van der Waals surface area contributed by atoms with Gasteiger partial charge < -0.3 is 54.8 Å². The number of carbonyl (C=O) groups excluding carboxylic acids is 2. The molecule has 14 heteroatoms. The number of carbonyl (C=O) groups is 3. The van der Waals surface area contributed by atoms with E-state index in [1.807, 2.05) is 47.1 Å². The van der Waals surface area contributed by atoms with Crippen molar-refractivity contribution in [3.05, 3.63) is 88.6 Å². The summed E-state index contributed by atoms with van der Waals surface area (Å²) in [5.74, 6) is -2.70. The van der Waals surface area contributed by atoms with Gasteiger partial charge in [0.1, 0.15) is 18.4 Å². The van der Waals surface area contributed by atoms with E-state index in [4.69, 9.17) is 5.73 Å². The van der Waals surface area contributed by atoms with Crippen LogP contribution in [0.2, 0.25) is 0 Å². The molecule has 0 bridgehead atoms. The maximum atomic E-state index is 12.8. The molecule has 0 spiro atoms. The number of amides is 2. The molecule has 2 amide bonds. The number of hydrogen-bond donors (Lipinski definition) is 3. The molecular weight excluding hydrogens is 734 g/mol. The first-order valence-corrected chi connectivity index (χ1v) is 15.6. The number of aliphatic carboxylic acids is 1. The Morgan fingerprint density at radius 3 is 2.25 bits per heavy atom. The number of nitrogens with two attached hydrogens (primary N) is 1. The van der Waals surface area contributed by atoms with E-state index in [1.165, 1.54) is 16.2 Å². The molecule has 44 heavy (non-hydrogen) atoms. The van der Waals surface area contributed by atoms with Crippen LogP contribution in [0, 0.1) is 11.8 Å². The van der Waals surface area contributed by atoms with Gasteiger partial charge in [-0.1, -0.05) is 54.3 Å². The van der Waals surface area contributed by atoms with Crippen molar-refractivity contribution in [2.24, 2.45) is 17.6 Å². The van der Waals surface area contributed by atoms with Crippen molar-refractivity contribution in [3.63, 3.8) is 0 Å². The van der Waals surface area contributed by atoms with Gasteiger partial charge in [-0.15, -0.1) is 0 Å². The van der Waals surface area contributed by atoms with Gasteiger partial charge in [0.25, 0.3) is 6.33 Å². The minimum absolute atomic E-state index is 0. The summed E-state index contributed by atoms with van der Waals surface area (Å²) >= 11 is 3.15. The zero-order valence-electron chi connectivity index (χ0n) is 24.1. The van der Waals surface area contributed by atoms with Crippen molar-refractivity contribution in [2.75, 3.05) is 6.26 Å². The third-order valence-electron chi connectivity index (χ3n) is 8.16. The molecule has 5 heterocycles. The number of fused-ring (bicyclic) bond motifs is 2. The number of pyridine rings is 1. The normalized spacial score (nSPS) is 19.7. The van der Waals surface area contributed by atoms with E-state index in [0.29, 0.717) is 24.2 Å². The first-order valence-electron chi connectivity index (χ1n) is 13.5. The Kier molecular flexibility index (Phi) is 10.1. The van der Waals surface area contributed by atoms with Crippen molar-refractivity contribution < 1.29 is 67.7 Å². The number of hydrogen-bond acceptors (Lipinski definition) is 6. The lowest BCUT2D eigenvalue weighted by molar-refractivity contribution is -0.721. The molecule has 10 nitrogen and oxygen atoms in total. The second-order valence-corrected chi connectivity index (χ2v) is 12.6. The predicted octanol–water partition coefficient (Wildman–Crippen LogP) is -3.85. The van der Waals surface area contributed by atoms with Crippen molar-refractivity contribution >= 4 is 51.3 Å². The second-order valence-electron chi connectivity index (χ2n) is 10.8. The van der Waals surface area contributed by atoms with Crippen LogP contribution in [0.15, 0.2) is 72.0 Å². The summed E-state index contributed by atoms with van der Waals surface area (Å²) in [6, 6.07) is 11.5. The summed E-state index contributed by atoms with van der Waals surface area (Å²) in [4.78, 5) is 39.5. The second kappa shape index (κ2) is 13.1. The molecule has 4 aromatic rings. The third-order valence-corrected chi connectivity index (χ3v) is 10.2. The van der Waals surface area contributed by atoms with Gasteiger partial charge in [0.2, 0.25) is 21.7 Å². The smallest absolute Gasteiger partial charge is 0.352 e. The number of thioether (sulfide) groups is 1. The Labute approximate surface area is 283 Å². The zero-order chi connectivity index (χ0) is 29.9. The minimum atomic E-state index is -1.13. The molecule has 0 aliphatic carbocycles. The Bertz CT molecular complexity index is 1770. The van der Waals surface area contributed by atoms with Crippen molar-refractivity contribution in [3.8, 4) is 0 Å². The van der Waals surface area contributed by atoms with E-state index in [2.05, 4.69) is 28.8 Å². The lowest BCUT2D eigenvalue weighted by Gasteiger charge is -2.46. The third kappa shape index (κ3) is 5.73. The van der Waals surface area contributed by atoms with Gasteiger partial charge in [0.15, 0.2) is 18.9 Å². The number of aliphatic hydroxyl groups excluding tert-OH is 1. The SMILES string of the molecule is CSc1c2sc(C3=C(C(=O)O)N4C(=O)[C@H]([C@@H](C)O)[C@H]4[C@H]3C)cn2c[n+]1Cc1ccc(C[n+]2ccc(C(N)=O)cc2)cc1.[Br-].[Br-]. The van der Waals surface area contributed by atoms with Crippen LogP contribution in [-0.4, -0.2) is 55.7 Å². The number of primary amides is 1. The van der Waals surface area contributed by atoms with Crippen molar-refractivity contribution in [1.29, 1.82) is 0 Å². The van der Waals surface area contributed by atoms with Crippen LogP contribution >= 0.6 is 23.1 Å². The average Bonchev–Trinajstić information content (AvgIpc) is 3.56. The Morgan fingerprint density at radius 2 is 1.70 bits per heavy atom. The maximum absolute atomic E-state index is 12.8. The van der Waals surface area contributed by atoms with E-state index in [1.54, 1.807) is 30.8 Å². The van der Waals surface area contributed by atoms with E-state index in [9.17, 15) is 24.6 Å². The molecule has 1 fully saturated rings. The fraction of sp³-hybridized carbons (Fsp3) is 0.300. The van der Waals surface area contributed by atoms with Gasteiger partial charge in [-0.2, -0.15) is 4.40 Å². The molecule has 1 aromatic carbocycles. The molecule has 2 aliphatic heterocycles. The van der Waals surface area contributed by atoms with Gasteiger partial charge in [0.05, 0.1) is 28.5 Å². The number of carboxylic acid groups (broad SMARTS) is 1. The number of nitrogens with zero attached hydrogens (tertiary/aromatic N) is 4. The quantitative estimate of drug-likeness (QED) is 0.0910. The molecule has 4 N–H and O–H groups in total. The van der Waals surface area contributed by atoms with Gasteiger partial charge in [-0.05, 0) is 18.7 Å². The van der Waals surface area contributed by atoms with Gasteiger partial charge in [-0.25, -0.2) is 13.9 Å². The summed E-state index contributed by atoms with van der Waals surface area (Å²) in [5.41, 5.74) is 8.74. The lowest BCUT2D eigenvalue weighted by atomic mass is 9.77. The Morgan fingerprint density at radius 1 is 1.09 bits per heavy atom. The number of imidazole rings is 1. The number of carboxylic acids is 1. The summed E-state index contributed by atoms with van der Waals surface area (Å²) in [6.07, 6.45) is 8.83. The van der Waals surface area contributed by atoms with E-state index in [-0.39, 0.29) is 57.5 Å². The van der Waals surface area contributed by atoms with E-state index in [0.717, 1.165) is 25.9 Å². The van der Waals surface area contributed by atoms with E-state index < -0.39 is 23.9 Å². The number of rotatable bonds is 9. The summed E-state index contributed by atoms with van der Waals surface area (Å²) in [7, 11) is 0. The molecule has 6 rings (SSSR count). The molecule has 232 valence electrons. The summed E-state index contributed by atoms with van der Waals surface area (Å²) in [5, 5.41) is 21.3. The Hall–Kier alpha value is -3.04. The van der Waals surface area contributed by atoms with Crippen LogP contribution in [-0.2, 0) is 22.7 Å². The summed E-state index contributed by atoms with van der Waals surface area (Å²) in [6.45, 7) is 4.86. The predicted molar refractivity (Wildman–Crippen MR) is 157 cm³/mol. The average molecular weight is 766 g/mol. The fourth-order valence-electron chi connectivity index (χ4n) is 6.15. The number of β-lactam (4-membered cyclic amide) rings is 1. The molecule has 2 aliphatic rings. The summed E-state index contributed by atoms with van der Waals surface area (Å²) < 4.78 is 6.19. The highest BCUT2D eigenvalue weighted by atomic mass is 79.9. The molecule has 1 saturated heterocycles. The monoisotopic (exact) mass is 763 g/mol. The number of halogens is 2. The fourth-order valence-corrected chi connectivity index (χ4v) is 8.33. The molecule has 3 aromatic heterocycles. The van der Waals surface area contributed by atoms with Crippen molar-refractivity contribution in [1.82, 2.24) is 9.30 Å². The largest absolute Gasteiger partial charge is 1.00 e. The Balaban J connectivity index is 0.00000221. The highest BCUT2D eigenvalue weighted by Crippen LogP contribution is 2.51. The highest BCUT2D eigenvalue weighted by molar-refractivity contribution is 7.98. The van der Waals surface area contributed by atoms with Crippen molar-refractivity contribution in [2.45, 2.75) is 44.1 Å². The first-order chi connectivity index (χ1) is 20.1. The van der Waals surface area contributed by atoms with Gasteiger partial charge in [-0.3, -0.25) is 9.59 Å². The standard InChI is InChI=1S/C30H29N5O5S2.2BrH/c1-16-22(25(30(39)40)35-24(16)23(17(2)36)27(35)38)21-14-34-15-33(28(41-3)29(34)42-21)13-19-6-4-18(5-7-19)12-32-10-8-20(9-11-32)26(31)37;;/h4-11,14-17,23-24,36H,12-13H2,1-3H3,(H-2,31,37,39,40);2*1H/t16-,17+,23+,24+;;/m0../s1. The lowest BCUT2D eigenvalue weighted by Crippen LogP contribution is -3.00. The van der Waals surface area contributed by atoms with Crippen LogP contribution in [0.25, 0.3) is 10.4 Å². The van der Waals surface area contributed by atoms with Crippen LogP contribution in [0.3, 0.4) is 0 Å². The van der Waals surface area contributed by atoms with Gasteiger partial charge >= 0.3 is 5.97 Å². The zero-order valence-corrected chi connectivity index (χ0v) is 28.9. The minimum Gasteiger partial charge on any atom is -1.00 e. The maximum Gasteiger partial charge on any atom is 0.352 e. The van der Waals surface area contributed by atoms with Crippen LogP contribution in [0.4, 0.5) is 0 Å². The highest BCUT2D eigenvalue weighted by Gasteiger charge is 2.60. The van der Waals surface area contributed by atoms with Crippen LogP contribution < -0.4 is 48.8 Å². The van der Waals surface area contributed by atoms with Gasteiger partial charge in [0, 0.05) is 29.2 Å². The number of aliphatic hydroxyl groups is 1. The number of thiazole rings is 1. The number of benzene rings is 1. The molecular formula is C30H31Br2N5O5S2. The molecule has 0 radical (unpaired) electrons. The molecule has 0 unspecified atom stereocenters. The molecule has 0 saturated carbocycles. The molecule has 4 atom stereocenters. The van der Waals surface area contributed by atoms with E-state index >= 15 is 0 Å².